The number of hydrogen-bond donors (Lipinski definition) is 2. The number of amides is 1. The predicted octanol–water partition coefficient (Wildman–Crippen LogP) is 1.31. The minimum atomic E-state index is -0.323. The van der Waals surface area contributed by atoms with E-state index < -0.39 is 0 Å². The van der Waals surface area contributed by atoms with Gasteiger partial charge in [0.1, 0.15) is 0 Å². The Morgan fingerprint density at radius 3 is 2.78 bits per heavy atom. The summed E-state index contributed by atoms with van der Waals surface area (Å²) in [5, 5.41) is 3.04. The fourth-order valence-electron chi connectivity index (χ4n) is 1.47. The zero-order valence-electron chi connectivity index (χ0n) is 10.4. The first-order valence-corrected chi connectivity index (χ1v) is 5.81. The van der Waals surface area contributed by atoms with Gasteiger partial charge in [0, 0.05) is 26.5 Å². The Bertz CT molecular complexity index is 392. The Labute approximate surface area is 111 Å². The van der Waals surface area contributed by atoms with Crippen molar-refractivity contribution in [3.63, 3.8) is 0 Å². The maximum Gasteiger partial charge on any atom is 0.254 e. The smallest absolute Gasteiger partial charge is 0.254 e. The maximum absolute atomic E-state index is 11.9. The van der Waals surface area contributed by atoms with Gasteiger partial charge < -0.3 is 20.5 Å². The molecule has 1 rings (SSSR count). The molecule has 0 radical (unpaired) electrons. The molecule has 0 aromatic heterocycles. The molecule has 1 aromatic carbocycles. The highest BCUT2D eigenvalue weighted by Crippen LogP contribution is 2.21. The van der Waals surface area contributed by atoms with Crippen molar-refractivity contribution in [2.24, 2.45) is 0 Å². The first-order chi connectivity index (χ1) is 8.60. The first kappa shape index (κ1) is 14.8. The minimum Gasteiger partial charge on any atom is -0.398 e. The average molecular weight is 273 g/mol. The second kappa shape index (κ2) is 7.20. The van der Waals surface area contributed by atoms with E-state index >= 15 is 0 Å². The number of methoxy groups -OCH3 is 2. The molecule has 0 saturated carbocycles. The third-order valence-corrected chi connectivity index (χ3v) is 2.76. The first-order valence-electron chi connectivity index (χ1n) is 5.44. The number of hydrogen-bond acceptors (Lipinski definition) is 4. The quantitative estimate of drug-likeness (QED) is 0.766. The number of carbonyl (C=O) groups is 1. The second-order valence-corrected chi connectivity index (χ2v) is 4.13. The molecule has 0 spiro atoms. The second-order valence-electron chi connectivity index (χ2n) is 3.73. The van der Waals surface area contributed by atoms with Crippen LogP contribution in [0.5, 0.6) is 0 Å². The van der Waals surface area contributed by atoms with Gasteiger partial charge in [-0.2, -0.15) is 0 Å². The third kappa shape index (κ3) is 3.87. The molecule has 0 aliphatic heterocycles. The van der Waals surface area contributed by atoms with E-state index in [0.717, 1.165) is 0 Å². The van der Waals surface area contributed by atoms with Gasteiger partial charge >= 0.3 is 0 Å². The van der Waals surface area contributed by atoms with Gasteiger partial charge in [0.2, 0.25) is 0 Å². The molecule has 0 bridgehead atoms. The molecule has 1 unspecified atom stereocenters. The van der Waals surface area contributed by atoms with E-state index in [0.29, 0.717) is 23.9 Å². The summed E-state index contributed by atoms with van der Waals surface area (Å²) in [4.78, 5) is 11.9. The van der Waals surface area contributed by atoms with E-state index in [4.69, 9.17) is 26.8 Å². The van der Waals surface area contributed by atoms with Crippen LogP contribution in [0.25, 0.3) is 0 Å². The lowest BCUT2D eigenvalue weighted by atomic mass is 10.1. The number of anilines is 1. The number of nitrogen functional groups attached to an aromatic ring is 1. The van der Waals surface area contributed by atoms with Crippen LogP contribution in [0, 0.1) is 0 Å². The van der Waals surface area contributed by atoms with Crippen LogP contribution in [0.1, 0.15) is 10.4 Å². The van der Waals surface area contributed by atoms with Crippen molar-refractivity contribution in [1.82, 2.24) is 5.32 Å². The number of ether oxygens (including phenoxy) is 2. The molecular formula is C12H17ClN2O3. The third-order valence-electron chi connectivity index (χ3n) is 2.45. The molecule has 5 nitrogen and oxygen atoms in total. The molecule has 0 saturated heterocycles. The van der Waals surface area contributed by atoms with Gasteiger partial charge in [0.15, 0.2) is 0 Å². The van der Waals surface area contributed by atoms with Gasteiger partial charge in [0.05, 0.1) is 23.3 Å². The van der Waals surface area contributed by atoms with Crippen molar-refractivity contribution in [3.05, 3.63) is 28.8 Å². The van der Waals surface area contributed by atoms with Crippen LogP contribution in [0.2, 0.25) is 5.02 Å². The van der Waals surface area contributed by atoms with Crippen molar-refractivity contribution in [2.45, 2.75) is 6.10 Å². The topological polar surface area (TPSA) is 73.6 Å². The summed E-state index contributed by atoms with van der Waals surface area (Å²) in [6.45, 7) is 0.725. The molecule has 3 N–H and O–H groups in total. The standard InChI is InChI=1S/C12H17ClN2O3/c1-17-7-8(18-2)6-15-12(16)11-9(13)4-3-5-10(11)14/h3-5,8H,6-7,14H2,1-2H3,(H,15,16). The van der Waals surface area contributed by atoms with Crippen molar-refractivity contribution >= 4 is 23.2 Å². The zero-order valence-corrected chi connectivity index (χ0v) is 11.2. The molecule has 1 amide bonds. The Morgan fingerprint density at radius 2 is 2.22 bits per heavy atom. The van der Waals surface area contributed by atoms with Gasteiger partial charge in [-0.05, 0) is 12.1 Å². The zero-order chi connectivity index (χ0) is 13.5. The summed E-state index contributed by atoms with van der Waals surface area (Å²) in [5.41, 5.74) is 6.35. The van der Waals surface area contributed by atoms with Crippen LogP contribution < -0.4 is 11.1 Å². The van der Waals surface area contributed by atoms with E-state index in [9.17, 15) is 4.79 Å². The van der Waals surface area contributed by atoms with E-state index in [-0.39, 0.29) is 17.6 Å². The van der Waals surface area contributed by atoms with Crippen LogP contribution in [0.3, 0.4) is 0 Å². The fourth-order valence-corrected chi connectivity index (χ4v) is 1.74. The maximum atomic E-state index is 11.9. The Kier molecular flexibility index (Phi) is 5.91. The van der Waals surface area contributed by atoms with E-state index in [1.54, 1.807) is 32.4 Å². The lowest BCUT2D eigenvalue weighted by Gasteiger charge is -2.15. The summed E-state index contributed by atoms with van der Waals surface area (Å²) >= 11 is 5.94. The number of benzene rings is 1. The lowest BCUT2D eigenvalue weighted by Crippen LogP contribution is -2.36. The van der Waals surface area contributed by atoms with Crippen molar-refractivity contribution < 1.29 is 14.3 Å². The molecule has 100 valence electrons. The van der Waals surface area contributed by atoms with E-state index in [1.165, 1.54) is 0 Å². The van der Waals surface area contributed by atoms with Gasteiger partial charge in [-0.15, -0.1) is 0 Å². The Hall–Kier alpha value is -1.30. The van der Waals surface area contributed by atoms with Crippen LogP contribution in [0.15, 0.2) is 18.2 Å². The molecule has 0 aliphatic rings. The number of halogens is 1. The number of nitrogens with one attached hydrogen (secondary N) is 1. The molecular weight excluding hydrogens is 256 g/mol. The van der Waals surface area contributed by atoms with E-state index in [2.05, 4.69) is 5.32 Å². The predicted molar refractivity (Wildman–Crippen MR) is 70.9 cm³/mol. The van der Waals surface area contributed by atoms with Gasteiger partial charge in [-0.3, -0.25) is 4.79 Å². The molecule has 0 heterocycles. The summed E-state index contributed by atoms with van der Waals surface area (Å²) in [6, 6.07) is 4.94. The Balaban J connectivity index is 2.65. The van der Waals surface area contributed by atoms with Crippen molar-refractivity contribution in [1.29, 1.82) is 0 Å². The molecule has 6 heteroatoms. The van der Waals surface area contributed by atoms with Crippen molar-refractivity contribution in [3.8, 4) is 0 Å². The number of nitrogens with two attached hydrogens (primary N) is 1. The van der Waals surface area contributed by atoms with Gasteiger partial charge in [-0.25, -0.2) is 0 Å². The number of rotatable bonds is 6. The molecule has 1 atom stereocenters. The molecule has 1 aromatic rings. The largest absolute Gasteiger partial charge is 0.398 e. The van der Waals surface area contributed by atoms with Gasteiger partial charge in [0.25, 0.3) is 5.91 Å². The summed E-state index contributed by atoms with van der Waals surface area (Å²) in [7, 11) is 3.12. The van der Waals surface area contributed by atoms with Crippen LogP contribution >= 0.6 is 11.6 Å². The van der Waals surface area contributed by atoms with Crippen molar-refractivity contribution in [2.75, 3.05) is 33.1 Å². The molecule has 18 heavy (non-hydrogen) atoms. The summed E-state index contributed by atoms with van der Waals surface area (Å²) < 4.78 is 10.1. The van der Waals surface area contributed by atoms with Crippen LogP contribution in [-0.4, -0.2) is 39.4 Å². The highest BCUT2D eigenvalue weighted by molar-refractivity contribution is 6.34. The summed E-state index contributed by atoms with van der Waals surface area (Å²) in [6.07, 6.45) is -0.206. The highest BCUT2D eigenvalue weighted by atomic mass is 35.5. The van der Waals surface area contributed by atoms with E-state index in [1.807, 2.05) is 0 Å². The highest BCUT2D eigenvalue weighted by Gasteiger charge is 2.15. The SMILES string of the molecule is COCC(CNC(=O)c1c(N)cccc1Cl)OC. The van der Waals surface area contributed by atoms with Gasteiger partial charge in [-0.1, -0.05) is 17.7 Å². The monoisotopic (exact) mass is 272 g/mol. The molecule has 0 aliphatic carbocycles. The number of carbonyl (C=O) groups excluding carboxylic acids is 1. The van der Waals surface area contributed by atoms with Crippen LogP contribution in [-0.2, 0) is 9.47 Å². The fraction of sp³-hybridized carbons (Fsp3) is 0.417. The minimum absolute atomic E-state index is 0.206. The Morgan fingerprint density at radius 1 is 1.50 bits per heavy atom. The molecule has 0 fully saturated rings. The van der Waals surface area contributed by atoms with Crippen LogP contribution in [0.4, 0.5) is 5.69 Å². The average Bonchev–Trinajstić information content (AvgIpc) is 2.34. The lowest BCUT2D eigenvalue weighted by molar-refractivity contribution is 0.0285. The normalized spacial score (nSPS) is 12.2. The summed E-state index contributed by atoms with van der Waals surface area (Å²) in [5.74, 6) is -0.323.